The summed E-state index contributed by atoms with van der Waals surface area (Å²) >= 11 is 0. The molecule has 3 aromatic rings. The van der Waals surface area contributed by atoms with E-state index in [9.17, 15) is 4.79 Å². The molecule has 1 amide bonds. The van der Waals surface area contributed by atoms with E-state index in [0.717, 1.165) is 22.4 Å². The number of fused-ring (bicyclic) bond motifs is 1. The summed E-state index contributed by atoms with van der Waals surface area (Å²) in [7, 11) is 0. The third kappa shape index (κ3) is 4.12. The van der Waals surface area contributed by atoms with Crippen LogP contribution in [0.25, 0.3) is 11.0 Å². The second-order valence-electron chi connectivity index (χ2n) is 7.26. The van der Waals surface area contributed by atoms with E-state index >= 15 is 0 Å². The highest BCUT2D eigenvalue weighted by molar-refractivity contribution is 5.94. The maximum absolute atomic E-state index is 12.7. The number of rotatable bonds is 4. The Morgan fingerprint density at radius 2 is 1.75 bits per heavy atom. The number of hydrogen-bond acceptors (Lipinski definition) is 5. The highest BCUT2D eigenvalue weighted by Crippen LogP contribution is 2.16. The Hall–Kier alpha value is -2.99. The van der Waals surface area contributed by atoms with E-state index in [1.165, 1.54) is 0 Å². The van der Waals surface area contributed by atoms with Gasteiger partial charge in [0.1, 0.15) is 5.82 Å². The largest absolute Gasteiger partial charge is 0.372 e. The van der Waals surface area contributed by atoms with Crippen LogP contribution in [0.4, 0.5) is 5.82 Å². The van der Waals surface area contributed by atoms with Gasteiger partial charge in [0.15, 0.2) is 0 Å². The minimum atomic E-state index is 0.0573. The molecular weight excluding hydrogens is 352 g/mol. The van der Waals surface area contributed by atoms with Crippen LogP contribution in [0.2, 0.25) is 0 Å². The van der Waals surface area contributed by atoms with Crippen LogP contribution in [0.1, 0.15) is 29.8 Å². The van der Waals surface area contributed by atoms with Crippen LogP contribution in [-0.4, -0.2) is 46.1 Å². The van der Waals surface area contributed by atoms with Crippen molar-refractivity contribution in [3.63, 3.8) is 0 Å². The number of anilines is 1. The molecule has 28 heavy (non-hydrogen) atoms. The van der Waals surface area contributed by atoms with E-state index in [4.69, 9.17) is 4.74 Å². The number of amides is 1. The predicted molar refractivity (Wildman–Crippen MR) is 109 cm³/mol. The Balaban J connectivity index is 1.39. The molecule has 0 saturated carbocycles. The summed E-state index contributed by atoms with van der Waals surface area (Å²) in [6.45, 7) is 5.88. The number of hydrogen-bond donors (Lipinski definition) is 1. The number of nitrogens with zero attached hydrogens (tertiary/aromatic N) is 3. The van der Waals surface area contributed by atoms with E-state index in [1.807, 2.05) is 67.3 Å². The van der Waals surface area contributed by atoms with Gasteiger partial charge in [0, 0.05) is 25.2 Å². The van der Waals surface area contributed by atoms with E-state index in [-0.39, 0.29) is 18.1 Å². The number of morpholine rings is 1. The van der Waals surface area contributed by atoms with Gasteiger partial charge in [0.2, 0.25) is 0 Å². The van der Waals surface area contributed by atoms with Crippen molar-refractivity contribution in [1.82, 2.24) is 14.9 Å². The summed E-state index contributed by atoms with van der Waals surface area (Å²) in [5.74, 6) is 0.789. The molecule has 1 aromatic heterocycles. The Morgan fingerprint density at radius 3 is 2.46 bits per heavy atom. The van der Waals surface area contributed by atoms with Crippen LogP contribution in [0.3, 0.4) is 0 Å². The zero-order chi connectivity index (χ0) is 19.5. The van der Waals surface area contributed by atoms with E-state index < -0.39 is 0 Å². The van der Waals surface area contributed by atoms with Crippen molar-refractivity contribution < 1.29 is 9.53 Å². The van der Waals surface area contributed by atoms with Gasteiger partial charge in [-0.25, -0.2) is 4.98 Å². The van der Waals surface area contributed by atoms with Crippen molar-refractivity contribution in [1.29, 1.82) is 0 Å². The third-order valence-corrected chi connectivity index (χ3v) is 4.83. The smallest absolute Gasteiger partial charge is 0.254 e. The minimum Gasteiger partial charge on any atom is -0.372 e. The number of benzene rings is 2. The summed E-state index contributed by atoms with van der Waals surface area (Å²) in [5, 5.41) is 3.29. The Kier molecular flexibility index (Phi) is 5.21. The number of aromatic nitrogens is 2. The molecule has 2 aromatic carbocycles. The molecule has 0 bridgehead atoms. The van der Waals surface area contributed by atoms with Crippen molar-refractivity contribution in [3.8, 4) is 0 Å². The molecule has 0 spiro atoms. The molecule has 0 radical (unpaired) electrons. The average Bonchev–Trinajstić information content (AvgIpc) is 2.71. The molecule has 1 saturated heterocycles. The lowest BCUT2D eigenvalue weighted by Gasteiger charge is -2.35. The molecule has 1 fully saturated rings. The van der Waals surface area contributed by atoms with E-state index in [0.29, 0.717) is 25.2 Å². The molecule has 6 heteroatoms. The normalized spacial score (nSPS) is 19.6. The topological polar surface area (TPSA) is 67.4 Å². The maximum atomic E-state index is 12.7. The third-order valence-electron chi connectivity index (χ3n) is 4.83. The number of carbonyl (C=O) groups excluding carboxylic acids is 1. The summed E-state index contributed by atoms with van der Waals surface area (Å²) in [6, 6.07) is 15.5. The molecule has 1 N–H and O–H groups in total. The van der Waals surface area contributed by atoms with E-state index in [2.05, 4.69) is 15.3 Å². The van der Waals surface area contributed by atoms with Gasteiger partial charge < -0.3 is 15.0 Å². The number of ether oxygens (including phenoxy) is 1. The second-order valence-corrected chi connectivity index (χ2v) is 7.26. The quantitative estimate of drug-likeness (QED) is 0.755. The Labute approximate surface area is 164 Å². The minimum absolute atomic E-state index is 0.0573. The van der Waals surface area contributed by atoms with Gasteiger partial charge >= 0.3 is 0 Å². The molecule has 2 atom stereocenters. The lowest BCUT2D eigenvalue weighted by Crippen LogP contribution is -2.48. The first-order valence-electron chi connectivity index (χ1n) is 9.58. The summed E-state index contributed by atoms with van der Waals surface area (Å²) < 4.78 is 5.71. The highest BCUT2D eigenvalue weighted by Gasteiger charge is 2.26. The summed E-state index contributed by atoms with van der Waals surface area (Å²) in [5.41, 5.74) is 3.52. The molecule has 2 unspecified atom stereocenters. The number of nitrogens with one attached hydrogen (secondary N) is 1. The van der Waals surface area contributed by atoms with Gasteiger partial charge in [0.05, 0.1) is 29.4 Å². The fourth-order valence-electron chi connectivity index (χ4n) is 3.53. The lowest BCUT2D eigenvalue weighted by molar-refractivity contribution is -0.0586. The van der Waals surface area contributed by atoms with Crippen molar-refractivity contribution >= 4 is 22.8 Å². The van der Waals surface area contributed by atoms with Crippen molar-refractivity contribution in [2.45, 2.75) is 32.6 Å². The van der Waals surface area contributed by atoms with Crippen LogP contribution in [0.15, 0.2) is 54.7 Å². The van der Waals surface area contributed by atoms with Crippen LogP contribution in [0, 0.1) is 0 Å². The highest BCUT2D eigenvalue weighted by atomic mass is 16.5. The Morgan fingerprint density at radius 1 is 1.07 bits per heavy atom. The van der Waals surface area contributed by atoms with Gasteiger partial charge in [-0.05, 0) is 43.7 Å². The first kappa shape index (κ1) is 18.4. The molecule has 0 aliphatic carbocycles. The van der Waals surface area contributed by atoms with Crippen molar-refractivity contribution in [2.24, 2.45) is 0 Å². The molecule has 2 heterocycles. The second kappa shape index (κ2) is 7.94. The summed E-state index contributed by atoms with van der Waals surface area (Å²) in [6.07, 6.45) is 1.87. The Bertz CT molecular complexity index is 964. The summed E-state index contributed by atoms with van der Waals surface area (Å²) in [4.78, 5) is 23.6. The van der Waals surface area contributed by atoms with Crippen molar-refractivity contribution in [3.05, 3.63) is 65.9 Å². The van der Waals surface area contributed by atoms with Crippen LogP contribution in [-0.2, 0) is 11.3 Å². The fourth-order valence-corrected chi connectivity index (χ4v) is 3.53. The van der Waals surface area contributed by atoms with Crippen LogP contribution < -0.4 is 5.32 Å². The van der Waals surface area contributed by atoms with Gasteiger partial charge in [-0.2, -0.15) is 0 Å². The van der Waals surface area contributed by atoms with Gasteiger partial charge in [-0.1, -0.05) is 24.3 Å². The van der Waals surface area contributed by atoms with Gasteiger partial charge in [-0.3, -0.25) is 9.78 Å². The maximum Gasteiger partial charge on any atom is 0.254 e. The molecule has 1 aliphatic heterocycles. The number of para-hydroxylation sites is 2. The molecule has 6 nitrogen and oxygen atoms in total. The first-order chi connectivity index (χ1) is 13.6. The lowest BCUT2D eigenvalue weighted by atomic mass is 10.1. The van der Waals surface area contributed by atoms with Gasteiger partial charge in [0.25, 0.3) is 5.91 Å². The molecule has 144 valence electrons. The van der Waals surface area contributed by atoms with Crippen LogP contribution >= 0.6 is 0 Å². The van der Waals surface area contributed by atoms with Gasteiger partial charge in [-0.15, -0.1) is 0 Å². The number of carbonyl (C=O) groups is 1. The average molecular weight is 376 g/mol. The zero-order valence-electron chi connectivity index (χ0n) is 16.1. The fraction of sp³-hybridized carbons (Fsp3) is 0.318. The molecular formula is C22H24N4O2. The monoisotopic (exact) mass is 376 g/mol. The zero-order valence-corrected chi connectivity index (χ0v) is 16.1. The SMILES string of the molecule is CC1CN(C(=O)c2ccc(CNc3cnc4ccccc4n3)cc2)CC(C)O1. The molecule has 4 rings (SSSR count). The first-order valence-corrected chi connectivity index (χ1v) is 9.58. The van der Waals surface area contributed by atoms with Crippen molar-refractivity contribution in [2.75, 3.05) is 18.4 Å². The van der Waals surface area contributed by atoms with Crippen LogP contribution in [0.5, 0.6) is 0 Å². The predicted octanol–water partition coefficient (Wildman–Crippen LogP) is 3.49. The molecule has 1 aliphatic rings. The van der Waals surface area contributed by atoms with E-state index in [1.54, 1.807) is 6.20 Å². The standard InChI is InChI=1S/C22H24N4O2/c1-15-13-26(14-16(2)28-15)22(27)18-9-7-17(8-10-18)11-24-21-12-23-19-5-3-4-6-20(19)25-21/h3-10,12,15-16H,11,13-14H2,1-2H3,(H,24,25).